The number of fused-ring (bicyclic) bond motifs is 1. The number of alkyl halides is 1. The van der Waals surface area contributed by atoms with Crippen LogP contribution in [0.15, 0.2) is 18.2 Å². The predicted octanol–water partition coefficient (Wildman–Crippen LogP) is 4.34. The van der Waals surface area contributed by atoms with Crippen LogP contribution in [0.1, 0.15) is 38.2 Å². The molecule has 0 radical (unpaired) electrons. The molecule has 98 valence electrons. The fourth-order valence-corrected chi connectivity index (χ4v) is 2.54. The third kappa shape index (κ3) is 2.26. The molecule has 0 aliphatic rings. The molecule has 1 atom stereocenters. The van der Waals surface area contributed by atoms with Crippen LogP contribution in [0.5, 0.6) is 0 Å². The van der Waals surface area contributed by atoms with Gasteiger partial charge in [0.2, 0.25) is 0 Å². The largest absolute Gasteiger partial charge is 0.325 e. The van der Waals surface area contributed by atoms with E-state index in [0.717, 1.165) is 17.8 Å². The van der Waals surface area contributed by atoms with Crippen LogP contribution in [0.2, 0.25) is 0 Å². The number of imidazole rings is 1. The maximum absolute atomic E-state index is 5.91. The Bertz CT molecular complexity index is 543. The molecule has 3 heteroatoms. The first kappa shape index (κ1) is 13.4. The van der Waals surface area contributed by atoms with Crippen molar-refractivity contribution in [3.05, 3.63) is 29.6 Å². The second kappa shape index (κ2) is 5.31. The van der Waals surface area contributed by atoms with E-state index >= 15 is 0 Å². The number of para-hydroxylation sites is 1. The smallest absolute Gasteiger partial charge is 0.111 e. The third-order valence-electron chi connectivity index (χ3n) is 3.68. The first-order valence-corrected chi connectivity index (χ1v) is 7.12. The summed E-state index contributed by atoms with van der Waals surface area (Å²) in [5, 5.41) is 0. The Morgan fingerprint density at radius 1 is 1.28 bits per heavy atom. The predicted molar refractivity (Wildman–Crippen MR) is 78.4 cm³/mol. The molecule has 1 unspecified atom stereocenters. The lowest BCUT2D eigenvalue weighted by Gasteiger charge is -2.21. The third-order valence-corrected chi connectivity index (χ3v) is 3.86. The zero-order valence-electron chi connectivity index (χ0n) is 11.6. The van der Waals surface area contributed by atoms with E-state index in [1.165, 1.54) is 11.1 Å². The van der Waals surface area contributed by atoms with Crippen LogP contribution in [0, 0.1) is 12.8 Å². The van der Waals surface area contributed by atoms with Gasteiger partial charge in [-0.15, -0.1) is 11.6 Å². The molecule has 18 heavy (non-hydrogen) atoms. The standard InChI is InChI=1S/C15H21ClN2/c1-10(2)12(4)18-14(8-9-16)17-13-7-5-6-11(3)15(13)18/h5-7,10,12H,8-9H2,1-4H3. The zero-order chi connectivity index (χ0) is 13.3. The molecular weight excluding hydrogens is 244 g/mol. The van der Waals surface area contributed by atoms with Gasteiger partial charge >= 0.3 is 0 Å². The van der Waals surface area contributed by atoms with E-state index < -0.39 is 0 Å². The van der Waals surface area contributed by atoms with Gasteiger partial charge < -0.3 is 4.57 Å². The summed E-state index contributed by atoms with van der Waals surface area (Å²) in [6, 6.07) is 6.75. The summed E-state index contributed by atoms with van der Waals surface area (Å²) in [5.41, 5.74) is 3.63. The number of benzene rings is 1. The van der Waals surface area contributed by atoms with E-state index in [9.17, 15) is 0 Å². The van der Waals surface area contributed by atoms with Gasteiger partial charge in [0.05, 0.1) is 11.0 Å². The normalized spacial score (nSPS) is 13.4. The van der Waals surface area contributed by atoms with E-state index in [1.54, 1.807) is 0 Å². The van der Waals surface area contributed by atoms with Crippen LogP contribution < -0.4 is 0 Å². The Hall–Kier alpha value is -1.02. The number of aryl methyl sites for hydroxylation is 2. The van der Waals surface area contributed by atoms with Crippen molar-refractivity contribution in [1.29, 1.82) is 0 Å². The number of hydrogen-bond donors (Lipinski definition) is 0. The van der Waals surface area contributed by atoms with Crippen LogP contribution >= 0.6 is 11.6 Å². The number of hydrogen-bond acceptors (Lipinski definition) is 1. The SMILES string of the molecule is Cc1cccc2nc(CCCl)n(C(C)C(C)C)c12. The second-order valence-corrected chi connectivity index (χ2v) is 5.64. The van der Waals surface area contributed by atoms with E-state index in [4.69, 9.17) is 16.6 Å². The van der Waals surface area contributed by atoms with Gasteiger partial charge in [-0.3, -0.25) is 0 Å². The molecule has 0 saturated heterocycles. The fourth-order valence-electron chi connectivity index (χ4n) is 2.37. The van der Waals surface area contributed by atoms with Crippen molar-refractivity contribution in [2.75, 3.05) is 5.88 Å². The van der Waals surface area contributed by atoms with E-state index in [0.29, 0.717) is 17.8 Å². The number of aromatic nitrogens is 2. The summed E-state index contributed by atoms with van der Waals surface area (Å²) >= 11 is 5.91. The second-order valence-electron chi connectivity index (χ2n) is 5.26. The minimum Gasteiger partial charge on any atom is -0.325 e. The first-order valence-electron chi connectivity index (χ1n) is 6.58. The van der Waals surface area contributed by atoms with Crippen molar-refractivity contribution in [1.82, 2.24) is 9.55 Å². The Balaban J connectivity index is 2.68. The molecule has 0 amide bonds. The monoisotopic (exact) mass is 264 g/mol. The molecular formula is C15H21ClN2. The van der Waals surface area contributed by atoms with Gasteiger partial charge in [0, 0.05) is 18.3 Å². The first-order chi connectivity index (χ1) is 8.56. The zero-order valence-corrected chi connectivity index (χ0v) is 12.3. The van der Waals surface area contributed by atoms with Gasteiger partial charge in [0.15, 0.2) is 0 Å². The molecule has 0 aliphatic carbocycles. The van der Waals surface area contributed by atoms with Gasteiger partial charge in [0.25, 0.3) is 0 Å². The molecule has 0 N–H and O–H groups in total. The van der Waals surface area contributed by atoms with Crippen molar-refractivity contribution < 1.29 is 0 Å². The van der Waals surface area contributed by atoms with Gasteiger partial charge in [-0.2, -0.15) is 0 Å². The molecule has 0 spiro atoms. The van der Waals surface area contributed by atoms with Crippen LogP contribution in [0.3, 0.4) is 0 Å². The Kier molecular flexibility index (Phi) is 3.96. The molecule has 1 heterocycles. The van der Waals surface area contributed by atoms with E-state index in [1.807, 2.05) is 0 Å². The molecule has 2 rings (SSSR count). The molecule has 2 aromatic rings. The maximum Gasteiger partial charge on any atom is 0.111 e. The summed E-state index contributed by atoms with van der Waals surface area (Å²) in [6.07, 6.45) is 0.826. The Labute approximate surface area is 114 Å². The highest BCUT2D eigenvalue weighted by Crippen LogP contribution is 2.28. The van der Waals surface area contributed by atoms with E-state index in [2.05, 4.69) is 50.5 Å². The van der Waals surface area contributed by atoms with E-state index in [-0.39, 0.29) is 0 Å². The average molecular weight is 265 g/mol. The fraction of sp³-hybridized carbons (Fsp3) is 0.533. The lowest BCUT2D eigenvalue weighted by atomic mass is 10.1. The van der Waals surface area contributed by atoms with Crippen molar-refractivity contribution >= 4 is 22.6 Å². The number of nitrogens with zero attached hydrogens (tertiary/aromatic N) is 2. The highest BCUT2D eigenvalue weighted by atomic mass is 35.5. The van der Waals surface area contributed by atoms with Crippen molar-refractivity contribution in [3.8, 4) is 0 Å². The van der Waals surface area contributed by atoms with Crippen LogP contribution in [-0.2, 0) is 6.42 Å². The van der Waals surface area contributed by atoms with Crippen molar-refractivity contribution in [3.63, 3.8) is 0 Å². The van der Waals surface area contributed by atoms with Gasteiger partial charge in [-0.1, -0.05) is 26.0 Å². The Morgan fingerprint density at radius 2 is 2.00 bits per heavy atom. The number of halogens is 1. The molecule has 1 aromatic heterocycles. The quantitative estimate of drug-likeness (QED) is 0.751. The van der Waals surface area contributed by atoms with Crippen LogP contribution in [0.4, 0.5) is 0 Å². The number of rotatable bonds is 4. The highest BCUT2D eigenvalue weighted by Gasteiger charge is 2.18. The lowest BCUT2D eigenvalue weighted by Crippen LogP contribution is -2.15. The summed E-state index contributed by atoms with van der Waals surface area (Å²) in [6.45, 7) is 8.91. The molecule has 2 nitrogen and oxygen atoms in total. The molecule has 1 aromatic carbocycles. The highest BCUT2D eigenvalue weighted by molar-refractivity contribution is 6.17. The van der Waals surface area contributed by atoms with Gasteiger partial charge in [-0.05, 0) is 31.4 Å². The summed E-state index contributed by atoms with van der Waals surface area (Å²) < 4.78 is 2.37. The van der Waals surface area contributed by atoms with Gasteiger partial charge in [0.1, 0.15) is 5.82 Å². The molecule has 0 bridgehead atoms. The molecule has 0 saturated carbocycles. The summed E-state index contributed by atoms with van der Waals surface area (Å²) in [5.74, 6) is 2.30. The topological polar surface area (TPSA) is 17.8 Å². The minimum absolute atomic E-state index is 0.439. The van der Waals surface area contributed by atoms with Crippen LogP contribution in [-0.4, -0.2) is 15.4 Å². The minimum atomic E-state index is 0.439. The van der Waals surface area contributed by atoms with Crippen LogP contribution in [0.25, 0.3) is 11.0 Å². The van der Waals surface area contributed by atoms with Crippen molar-refractivity contribution in [2.45, 2.75) is 40.2 Å². The summed E-state index contributed by atoms with van der Waals surface area (Å²) in [4.78, 5) is 4.75. The lowest BCUT2D eigenvalue weighted by molar-refractivity contribution is 0.406. The maximum atomic E-state index is 5.91. The molecule has 0 aliphatic heterocycles. The van der Waals surface area contributed by atoms with Gasteiger partial charge in [-0.25, -0.2) is 4.98 Å². The molecule has 0 fully saturated rings. The summed E-state index contributed by atoms with van der Waals surface area (Å²) in [7, 11) is 0. The Morgan fingerprint density at radius 3 is 2.61 bits per heavy atom. The van der Waals surface area contributed by atoms with Crippen molar-refractivity contribution in [2.24, 2.45) is 5.92 Å². The average Bonchev–Trinajstić information content (AvgIpc) is 2.68.